The van der Waals surface area contributed by atoms with Crippen LogP contribution >= 0.6 is 12.4 Å². The molecule has 0 aliphatic heterocycles. The Hall–Kier alpha value is -0.320. The van der Waals surface area contributed by atoms with Crippen LogP contribution in [0.1, 0.15) is 0 Å². The van der Waals surface area contributed by atoms with E-state index in [0.717, 1.165) is 0 Å². The highest BCUT2D eigenvalue weighted by Crippen LogP contribution is 1.78. The topological polar surface area (TPSA) is 49.8 Å². The fraction of sp³-hybridized carbons (Fsp3) is 0.833. The van der Waals surface area contributed by atoms with Crippen LogP contribution < -0.4 is 0 Å². The lowest BCUT2D eigenvalue weighted by atomic mass is 10.6. The molecular weight excluding hydrogens is 170 g/mol. The molecule has 0 bridgehead atoms. The summed E-state index contributed by atoms with van der Waals surface area (Å²) in [7, 11) is 3.76. The van der Waals surface area contributed by atoms with Crippen LogP contribution in [0.4, 0.5) is 0 Å². The average Bonchev–Trinajstić information content (AvgIpc) is 1.87. The van der Waals surface area contributed by atoms with Gasteiger partial charge in [0.25, 0.3) is 0 Å². The Kier molecular flexibility index (Phi) is 9.40. The first kappa shape index (κ1) is 13.3. The Morgan fingerprint density at radius 2 is 2.09 bits per heavy atom. The normalized spacial score (nSPS) is 9.09. The lowest BCUT2D eigenvalue weighted by Gasteiger charge is -2.08. The largest absolute Gasteiger partial charge is 0.463 e. The summed E-state index contributed by atoms with van der Waals surface area (Å²) in [6.45, 7) is 0.492. The number of rotatable bonds is 4. The van der Waals surface area contributed by atoms with Crippen LogP contribution in [0.3, 0.4) is 0 Å². The number of ether oxygens (including phenoxy) is 1. The van der Waals surface area contributed by atoms with Crippen LogP contribution in [0, 0.1) is 0 Å². The summed E-state index contributed by atoms with van der Waals surface area (Å²) in [4.78, 5) is 12.2. The average molecular weight is 184 g/mol. The van der Waals surface area contributed by atoms with E-state index in [1.54, 1.807) is 0 Å². The van der Waals surface area contributed by atoms with Gasteiger partial charge < -0.3 is 14.7 Å². The second-order valence-corrected chi connectivity index (χ2v) is 2.18. The van der Waals surface area contributed by atoms with Gasteiger partial charge in [-0.25, -0.2) is 4.79 Å². The first-order valence-corrected chi connectivity index (χ1v) is 3.08. The third-order valence-corrected chi connectivity index (χ3v) is 0.931. The SMILES string of the molecule is CN(C)CCOC(=O)CO.Cl. The van der Waals surface area contributed by atoms with E-state index in [1.165, 1.54) is 0 Å². The van der Waals surface area contributed by atoms with Gasteiger partial charge >= 0.3 is 5.97 Å². The van der Waals surface area contributed by atoms with Crippen molar-refractivity contribution in [2.45, 2.75) is 0 Å². The van der Waals surface area contributed by atoms with E-state index in [2.05, 4.69) is 4.74 Å². The first-order chi connectivity index (χ1) is 4.66. The summed E-state index contributed by atoms with van der Waals surface area (Å²) >= 11 is 0. The maximum Gasteiger partial charge on any atom is 0.331 e. The minimum atomic E-state index is -0.568. The van der Waals surface area contributed by atoms with Crippen molar-refractivity contribution in [1.82, 2.24) is 4.90 Å². The number of halogens is 1. The number of esters is 1. The van der Waals surface area contributed by atoms with E-state index in [4.69, 9.17) is 5.11 Å². The second-order valence-electron chi connectivity index (χ2n) is 2.18. The Morgan fingerprint density at radius 1 is 1.55 bits per heavy atom. The molecular formula is C6H14ClNO3. The molecule has 5 heteroatoms. The molecule has 0 radical (unpaired) electrons. The minimum Gasteiger partial charge on any atom is -0.463 e. The van der Waals surface area contributed by atoms with Crippen LogP contribution in [0.25, 0.3) is 0 Å². The van der Waals surface area contributed by atoms with Crippen molar-refractivity contribution >= 4 is 18.4 Å². The molecule has 0 saturated heterocycles. The fourth-order valence-electron chi connectivity index (χ4n) is 0.388. The first-order valence-electron chi connectivity index (χ1n) is 3.08. The fourth-order valence-corrected chi connectivity index (χ4v) is 0.388. The van der Waals surface area contributed by atoms with E-state index >= 15 is 0 Å². The number of aliphatic hydroxyl groups excluding tert-OH is 1. The number of carbonyl (C=O) groups is 1. The third-order valence-electron chi connectivity index (χ3n) is 0.931. The molecule has 0 atom stereocenters. The zero-order valence-electron chi connectivity index (χ0n) is 6.74. The zero-order valence-corrected chi connectivity index (χ0v) is 7.56. The smallest absolute Gasteiger partial charge is 0.331 e. The van der Waals surface area contributed by atoms with Gasteiger partial charge in [-0.2, -0.15) is 0 Å². The highest BCUT2D eigenvalue weighted by atomic mass is 35.5. The monoisotopic (exact) mass is 183 g/mol. The van der Waals surface area contributed by atoms with Crippen molar-refractivity contribution in [2.75, 3.05) is 33.9 Å². The van der Waals surface area contributed by atoms with Crippen LogP contribution in [-0.2, 0) is 9.53 Å². The number of hydrogen-bond donors (Lipinski definition) is 1. The van der Waals surface area contributed by atoms with Gasteiger partial charge in [-0.05, 0) is 14.1 Å². The van der Waals surface area contributed by atoms with E-state index in [-0.39, 0.29) is 12.4 Å². The highest BCUT2D eigenvalue weighted by molar-refractivity contribution is 5.85. The molecule has 0 aromatic heterocycles. The van der Waals surface area contributed by atoms with E-state index < -0.39 is 12.6 Å². The van der Waals surface area contributed by atoms with Gasteiger partial charge in [0, 0.05) is 6.54 Å². The van der Waals surface area contributed by atoms with Gasteiger partial charge in [-0.3, -0.25) is 0 Å². The molecule has 1 N–H and O–H groups in total. The van der Waals surface area contributed by atoms with Crippen molar-refractivity contribution < 1.29 is 14.6 Å². The highest BCUT2D eigenvalue weighted by Gasteiger charge is 1.97. The summed E-state index contributed by atoms with van der Waals surface area (Å²) in [5.41, 5.74) is 0. The molecule has 0 saturated carbocycles. The van der Waals surface area contributed by atoms with Crippen molar-refractivity contribution in [3.63, 3.8) is 0 Å². The number of nitrogens with zero attached hydrogens (tertiary/aromatic N) is 1. The zero-order chi connectivity index (χ0) is 7.98. The molecule has 0 aromatic carbocycles. The summed E-state index contributed by atoms with van der Waals surface area (Å²) in [5, 5.41) is 8.21. The summed E-state index contributed by atoms with van der Waals surface area (Å²) in [6, 6.07) is 0. The summed E-state index contributed by atoms with van der Waals surface area (Å²) in [5.74, 6) is -0.568. The minimum absolute atomic E-state index is 0. The van der Waals surface area contributed by atoms with Gasteiger partial charge in [-0.15, -0.1) is 12.4 Å². The van der Waals surface area contributed by atoms with Gasteiger partial charge in [0.2, 0.25) is 0 Å². The van der Waals surface area contributed by atoms with Crippen molar-refractivity contribution in [3.05, 3.63) is 0 Å². The van der Waals surface area contributed by atoms with Crippen LogP contribution in [0.15, 0.2) is 0 Å². The van der Waals surface area contributed by atoms with Crippen LogP contribution in [-0.4, -0.2) is 49.8 Å². The van der Waals surface area contributed by atoms with E-state index in [1.807, 2.05) is 19.0 Å². The van der Waals surface area contributed by atoms with E-state index in [9.17, 15) is 4.79 Å². The molecule has 0 aromatic rings. The predicted molar refractivity (Wildman–Crippen MR) is 43.8 cm³/mol. The Labute approximate surface area is 72.5 Å². The number of carbonyl (C=O) groups excluding carboxylic acids is 1. The van der Waals surface area contributed by atoms with Crippen molar-refractivity contribution in [1.29, 1.82) is 0 Å². The molecule has 4 nitrogen and oxygen atoms in total. The molecule has 11 heavy (non-hydrogen) atoms. The molecule has 0 heterocycles. The molecule has 0 amide bonds. The van der Waals surface area contributed by atoms with Gasteiger partial charge in [0.15, 0.2) is 0 Å². The molecule has 0 unspecified atom stereocenters. The molecule has 0 fully saturated rings. The van der Waals surface area contributed by atoms with Crippen LogP contribution in [0.2, 0.25) is 0 Å². The molecule has 0 aliphatic rings. The maximum absolute atomic E-state index is 10.3. The Morgan fingerprint density at radius 3 is 2.45 bits per heavy atom. The number of hydrogen-bond acceptors (Lipinski definition) is 4. The van der Waals surface area contributed by atoms with Gasteiger partial charge in [0.05, 0.1) is 0 Å². The Balaban J connectivity index is 0. The van der Waals surface area contributed by atoms with Crippen molar-refractivity contribution in [2.24, 2.45) is 0 Å². The predicted octanol–water partition coefficient (Wildman–Crippen LogP) is -0.495. The van der Waals surface area contributed by atoms with Crippen molar-refractivity contribution in [3.8, 4) is 0 Å². The van der Waals surface area contributed by atoms with Gasteiger partial charge in [0.1, 0.15) is 13.2 Å². The lowest BCUT2D eigenvalue weighted by molar-refractivity contribution is -0.147. The van der Waals surface area contributed by atoms with Gasteiger partial charge in [-0.1, -0.05) is 0 Å². The molecule has 0 aliphatic carbocycles. The summed E-state index contributed by atoms with van der Waals surface area (Å²) < 4.78 is 4.57. The molecule has 68 valence electrons. The number of aliphatic hydroxyl groups is 1. The lowest BCUT2D eigenvalue weighted by Crippen LogP contribution is -2.21. The summed E-state index contributed by atoms with van der Waals surface area (Å²) in [6.07, 6.45) is 0. The molecule has 0 rings (SSSR count). The number of likely N-dealkylation sites (N-methyl/N-ethyl adjacent to an activating group) is 1. The third kappa shape index (κ3) is 9.68. The van der Waals surface area contributed by atoms with Crippen LogP contribution in [0.5, 0.6) is 0 Å². The quantitative estimate of drug-likeness (QED) is 0.598. The Bertz CT molecular complexity index is 108. The molecule has 0 spiro atoms. The van der Waals surface area contributed by atoms with E-state index in [0.29, 0.717) is 13.2 Å². The standard InChI is InChI=1S/C6H13NO3.ClH/c1-7(2)3-4-10-6(9)5-8;/h8H,3-5H2,1-2H3;1H. The second kappa shape index (κ2) is 7.78. The maximum atomic E-state index is 10.3.